The van der Waals surface area contributed by atoms with Gasteiger partial charge in [-0.1, -0.05) is 6.07 Å². The van der Waals surface area contributed by atoms with E-state index in [4.69, 9.17) is 9.47 Å². The summed E-state index contributed by atoms with van der Waals surface area (Å²) in [6.07, 6.45) is 0.615. The highest BCUT2D eigenvalue weighted by atomic mass is 19.2. The Morgan fingerprint density at radius 2 is 2.17 bits per heavy atom. The number of rotatable bonds is 5. The molecule has 0 bridgehead atoms. The van der Waals surface area contributed by atoms with Crippen LogP contribution in [0.2, 0.25) is 0 Å². The zero-order valence-electron chi connectivity index (χ0n) is 10.5. The molecule has 18 heavy (non-hydrogen) atoms. The first-order valence-electron chi connectivity index (χ1n) is 6.02. The fourth-order valence-electron chi connectivity index (χ4n) is 2.23. The second-order valence-corrected chi connectivity index (χ2v) is 4.28. The van der Waals surface area contributed by atoms with Gasteiger partial charge in [-0.2, -0.15) is 0 Å². The van der Waals surface area contributed by atoms with E-state index in [1.54, 1.807) is 7.11 Å². The lowest BCUT2D eigenvalue weighted by Crippen LogP contribution is -2.56. The van der Waals surface area contributed by atoms with Crippen molar-refractivity contribution in [1.29, 1.82) is 0 Å². The molecule has 0 radical (unpaired) electrons. The third-order valence-electron chi connectivity index (χ3n) is 3.19. The van der Waals surface area contributed by atoms with Gasteiger partial charge in [0.05, 0.1) is 17.8 Å². The van der Waals surface area contributed by atoms with Crippen molar-refractivity contribution in [3.05, 3.63) is 29.8 Å². The number of methoxy groups -OCH3 is 1. The number of nitrogens with one attached hydrogen (secondary N) is 1. The second kappa shape index (κ2) is 5.63. The molecule has 1 fully saturated rings. The Labute approximate surface area is 105 Å². The number of anilines is 1. The van der Waals surface area contributed by atoms with Crippen LogP contribution >= 0.6 is 0 Å². The first kappa shape index (κ1) is 13.2. The van der Waals surface area contributed by atoms with Crippen LogP contribution in [0.3, 0.4) is 0 Å². The van der Waals surface area contributed by atoms with Gasteiger partial charge >= 0.3 is 0 Å². The molecule has 0 spiro atoms. The molecule has 0 saturated heterocycles. The van der Waals surface area contributed by atoms with Gasteiger partial charge < -0.3 is 14.8 Å². The van der Waals surface area contributed by atoms with Crippen LogP contribution in [0.4, 0.5) is 14.5 Å². The van der Waals surface area contributed by atoms with Gasteiger partial charge in [-0.3, -0.25) is 0 Å². The van der Waals surface area contributed by atoms with Crippen LogP contribution in [0.5, 0.6) is 0 Å². The van der Waals surface area contributed by atoms with Gasteiger partial charge in [0.15, 0.2) is 11.6 Å². The minimum atomic E-state index is -0.854. The van der Waals surface area contributed by atoms with Crippen LogP contribution in [0.1, 0.15) is 13.3 Å². The summed E-state index contributed by atoms with van der Waals surface area (Å²) in [6.45, 7) is 2.53. The molecule has 0 heterocycles. The SMILES string of the molecule is CCOC1CC(Nc2cccc(F)c2F)C1OC. The summed E-state index contributed by atoms with van der Waals surface area (Å²) < 4.78 is 37.3. The molecule has 1 aliphatic rings. The Balaban J connectivity index is 2.00. The molecule has 3 nitrogen and oxygen atoms in total. The Morgan fingerprint density at radius 1 is 1.39 bits per heavy atom. The molecule has 1 aromatic rings. The molecular formula is C13H17F2NO2. The summed E-state index contributed by atoms with van der Waals surface area (Å²) in [6, 6.07) is 4.03. The summed E-state index contributed by atoms with van der Waals surface area (Å²) in [5.41, 5.74) is 0.164. The Hall–Kier alpha value is -1.20. The van der Waals surface area contributed by atoms with Crippen molar-refractivity contribution in [2.24, 2.45) is 0 Å². The summed E-state index contributed by atoms with van der Waals surface area (Å²) >= 11 is 0. The Morgan fingerprint density at radius 3 is 2.83 bits per heavy atom. The molecule has 0 aliphatic heterocycles. The fraction of sp³-hybridized carbons (Fsp3) is 0.538. The molecule has 3 unspecified atom stereocenters. The minimum Gasteiger partial charge on any atom is -0.377 e. The lowest BCUT2D eigenvalue weighted by Gasteiger charge is -2.43. The van der Waals surface area contributed by atoms with E-state index in [9.17, 15) is 8.78 Å². The van der Waals surface area contributed by atoms with E-state index in [-0.39, 0.29) is 23.9 Å². The zero-order valence-corrected chi connectivity index (χ0v) is 10.5. The monoisotopic (exact) mass is 257 g/mol. The number of benzene rings is 1. The summed E-state index contributed by atoms with van der Waals surface area (Å²) in [5.74, 6) is -1.71. The van der Waals surface area contributed by atoms with Crippen LogP contribution in [-0.2, 0) is 9.47 Å². The third-order valence-corrected chi connectivity index (χ3v) is 3.19. The van der Waals surface area contributed by atoms with Crippen molar-refractivity contribution in [2.75, 3.05) is 19.0 Å². The number of halogens is 2. The van der Waals surface area contributed by atoms with Gasteiger partial charge in [-0.25, -0.2) is 8.78 Å². The highest BCUT2D eigenvalue weighted by molar-refractivity contribution is 5.46. The van der Waals surface area contributed by atoms with Gasteiger partial charge in [-0.15, -0.1) is 0 Å². The normalized spacial score (nSPS) is 26.8. The van der Waals surface area contributed by atoms with Crippen molar-refractivity contribution < 1.29 is 18.3 Å². The van der Waals surface area contributed by atoms with Crippen molar-refractivity contribution >= 4 is 5.69 Å². The van der Waals surface area contributed by atoms with Crippen molar-refractivity contribution in [1.82, 2.24) is 0 Å². The van der Waals surface area contributed by atoms with Gasteiger partial charge in [0, 0.05) is 13.7 Å². The average molecular weight is 257 g/mol. The number of hydrogen-bond acceptors (Lipinski definition) is 3. The molecule has 5 heteroatoms. The summed E-state index contributed by atoms with van der Waals surface area (Å²) in [7, 11) is 1.59. The molecule has 3 atom stereocenters. The quantitative estimate of drug-likeness (QED) is 0.879. The van der Waals surface area contributed by atoms with E-state index in [0.29, 0.717) is 6.61 Å². The first-order chi connectivity index (χ1) is 8.67. The molecule has 0 aromatic heterocycles. The van der Waals surface area contributed by atoms with E-state index in [1.807, 2.05) is 6.92 Å². The van der Waals surface area contributed by atoms with Gasteiger partial charge in [0.1, 0.15) is 6.10 Å². The van der Waals surface area contributed by atoms with Crippen LogP contribution in [0.25, 0.3) is 0 Å². The van der Waals surface area contributed by atoms with Gasteiger partial charge in [0.2, 0.25) is 0 Å². The van der Waals surface area contributed by atoms with Crippen LogP contribution in [0, 0.1) is 11.6 Å². The Kier molecular flexibility index (Phi) is 4.14. The van der Waals surface area contributed by atoms with Crippen LogP contribution in [-0.4, -0.2) is 32.0 Å². The maximum Gasteiger partial charge on any atom is 0.181 e. The topological polar surface area (TPSA) is 30.5 Å². The highest BCUT2D eigenvalue weighted by Gasteiger charge is 2.42. The maximum atomic E-state index is 13.5. The van der Waals surface area contributed by atoms with Gasteiger partial charge in [0.25, 0.3) is 0 Å². The first-order valence-corrected chi connectivity index (χ1v) is 6.02. The van der Waals surface area contributed by atoms with E-state index in [0.717, 1.165) is 12.5 Å². The molecule has 2 rings (SSSR count). The van der Waals surface area contributed by atoms with Crippen molar-refractivity contribution in [3.8, 4) is 0 Å². The molecule has 1 aromatic carbocycles. The third kappa shape index (κ3) is 2.47. The molecular weight excluding hydrogens is 240 g/mol. The predicted molar refractivity (Wildman–Crippen MR) is 64.6 cm³/mol. The average Bonchev–Trinajstić information content (AvgIpc) is 2.33. The minimum absolute atomic E-state index is 0.0223. The summed E-state index contributed by atoms with van der Waals surface area (Å²) in [5, 5.41) is 2.96. The molecule has 1 aliphatic carbocycles. The predicted octanol–water partition coefficient (Wildman–Crippen LogP) is 2.57. The lowest BCUT2D eigenvalue weighted by atomic mass is 9.85. The Bertz CT molecular complexity index is 414. The molecule has 1 N–H and O–H groups in total. The van der Waals surface area contributed by atoms with Crippen molar-refractivity contribution in [2.45, 2.75) is 31.6 Å². The van der Waals surface area contributed by atoms with E-state index in [2.05, 4.69) is 5.32 Å². The standard InChI is InChI=1S/C13H17F2NO2/c1-3-18-11-7-10(13(11)17-2)16-9-6-4-5-8(14)12(9)15/h4-6,10-11,13,16H,3,7H2,1-2H3. The van der Waals surface area contributed by atoms with Crippen LogP contribution in [0.15, 0.2) is 18.2 Å². The van der Waals surface area contributed by atoms with E-state index < -0.39 is 11.6 Å². The highest BCUT2D eigenvalue weighted by Crippen LogP contribution is 2.30. The largest absolute Gasteiger partial charge is 0.377 e. The molecule has 100 valence electrons. The van der Waals surface area contributed by atoms with E-state index in [1.165, 1.54) is 12.1 Å². The summed E-state index contributed by atoms with van der Waals surface area (Å²) in [4.78, 5) is 0. The van der Waals surface area contributed by atoms with E-state index >= 15 is 0 Å². The number of hydrogen-bond donors (Lipinski definition) is 1. The maximum absolute atomic E-state index is 13.5. The van der Waals surface area contributed by atoms with Crippen molar-refractivity contribution in [3.63, 3.8) is 0 Å². The number of ether oxygens (including phenoxy) is 2. The zero-order chi connectivity index (χ0) is 13.1. The molecule has 0 amide bonds. The molecule has 1 saturated carbocycles. The lowest BCUT2D eigenvalue weighted by molar-refractivity contribution is -0.118. The second-order valence-electron chi connectivity index (χ2n) is 4.28. The van der Waals surface area contributed by atoms with Gasteiger partial charge in [-0.05, 0) is 25.5 Å². The smallest absolute Gasteiger partial charge is 0.181 e. The fourth-order valence-corrected chi connectivity index (χ4v) is 2.23. The van der Waals surface area contributed by atoms with Crippen LogP contribution < -0.4 is 5.32 Å².